The molecule has 1 heterocycles. The molecule has 16 heavy (non-hydrogen) atoms. The molecule has 0 radical (unpaired) electrons. The van der Waals surface area contributed by atoms with Crippen molar-refractivity contribution in [3.05, 3.63) is 16.1 Å². The molecule has 2 N–H and O–H groups in total. The van der Waals surface area contributed by atoms with E-state index in [1.54, 1.807) is 11.3 Å². The molecule has 1 fully saturated rings. The Morgan fingerprint density at radius 1 is 1.56 bits per heavy atom. The van der Waals surface area contributed by atoms with Crippen molar-refractivity contribution in [2.75, 3.05) is 13.2 Å². The van der Waals surface area contributed by atoms with E-state index in [-0.39, 0.29) is 5.41 Å². The predicted molar refractivity (Wildman–Crippen MR) is 66.7 cm³/mol. The summed E-state index contributed by atoms with van der Waals surface area (Å²) in [6.07, 6.45) is 4.29. The minimum atomic E-state index is 0.193. The molecule has 0 spiro atoms. The summed E-state index contributed by atoms with van der Waals surface area (Å²) < 4.78 is 0. The van der Waals surface area contributed by atoms with Crippen LogP contribution in [0.25, 0.3) is 0 Å². The summed E-state index contributed by atoms with van der Waals surface area (Å²) in [7, 11) is 0. The molecule has 1 aliphatic carbocycles. The highest BCUT2D eigenvalue weighted by Gasteiger charge is 2.41. The van der Waals surface area contributed by atoms with Gasteiger partial charge in [0.25, 0.3) is 0 Å². The second-order valence-electron chi connectivity index (χ2n) is 5.07. The summed E-state index contributed by atoms with van der Waals surface area (Å²) in [5.41, 5.74) is 0.193. The molecule has 1 saturated carbocycles. The lowest BCUT2D eigenvalue weighted by atomic mass is 10.1. The Kier molecular flexibility index (Phi) is 3.62. The number of nitrogens with zero attached hydrogens (tertiary/aromatic N) is 1. The van der Waals surface area contributed by atoms with E-state index in [2.05, 4.69) is 24.1 Å². The molecule has 2 rings (SSSR count). The van der Waals surface area contributed by atoms with Crippen molar-refractivity contribution in [2.24, 2.45) is 5.41 Å². The average molecular weight is 240 g/mol. The lowest BCUT2D eigenvalue weighted by Gasteiger charge is -2.11. The molecule has 0 atom stereocenters. The number of thiazole rings is 1. The monoisotopic (exact) mass is 240 g/mol. The zero-order chi connectivity index (χ0) is 11.6. The first kappa shape index (κ1) is 12.0. The predicted octanol–water partition coefficient (Wildman–Crippen LogP) is 2.13. The number of nitrogens with one attached hydrogen (secondary N) is 1. The first-order valence-corrected chi connectivity index (χ1v) is 6.73. The number of aromatic nitrogens is 1. The van der Waals surface area contributed by atoms with E-state index in [1.165, 1.54) is 4.88 Å². The van der Waals surface area contributed by atoms with Gasteiger partial charge in [-0.05, 0) is 18.8 Å². The van der Waals surface area contributed by atoms with Crippen molar-refractivity contribution in [3.63, 3.8) is 0 Å². The van der Waals surface area contributed by atoms with Gasteiger partial charge in [0.05, 0.1) is 0 Å². The van der Waals surface area contributed by atoms with Gasteiger partial charge in [-0.1, -0.05) is 13.8 Å². The maximum atomic E-state index is 9.18. The third-order valence-corrected chi connectivity index (χ3v) is 4.51. The molecule has 90 valence electrons. The van der Waals surface area contributed by atoms with E-state index in [1.807, 2.05) is 6.20 Å². The van der Waals surface area contributed by atoms with Gasteiger partial charge in [-0.15, -0.1) is 11.3 Å². The van der Waals surface area contributed by atoms with Crippen LogP contribution in [0.4, 0.5) is 0 Å². The summed E-state index contributed by atoms with van der Waals surface area (Å²) in [5, 5.41) is 13.7. The molecule has 0 bridgehead atoms. The van der Waals surface area contributed by atoms with E-state index >= 15 is 0 Å². The van der Waals surface area contributed by atoms with Gasteiger partial charge in [-0.3, -0.25) is 0 Å². The SMILES string of the molecule is CC(C)c1cnc(CNCC2(CO)CC2)s1. The Morgan fingerprint density at radius 2 is 2.31 bits per heavy atom. The molecule has 0 aliphatic heterocycles. The third kappa shape index (κ3) is 2.81. The highest BCUT2D eigenvalue weighted by atomic mass is 32.1. The summed E-state index contributed by atoms with van der Waals surface area (Å²) >= 11 is 1.78. The van der Waals surface area contributed by atoms with Crippen LogP contribution in [0.3, 0.4) is 0 Å². The van der Waals surface area contributed by atoms with E-state index < -0.39 is 0 Å². The number of aliphatic hydroxyl groups is 1. The van der Waals surface area contributed by atoms with E-state index in [9.17, 15) is 5.11 Å². The lowest BCUT2D eigenvalue weighted by molar-refractivity contribution is 0.207. The lowest BCUT2D eigenvalue weighted by Crippen LogP contribution is -2.25. The van der Waals surface area contributed by atoms with Gasteiger partial charge in [0.1, 0.15) is 5.01 Å². The Morgan fingerprint density at radius 3 is 2.81 bits per heavy atom. The van der Waals surface area contributed by atoms with Gasteiger partial charge in [0, 0.05) is 36.2 Å². The first-order valence-electron chi connectivity index (χ1n) is 5.91. The Bertz CT molecular complexity index is 345. The summed E-state index contributed by atoms with van der Waals surface area (Å²) in [6, 6.07) is 0. The molecule has 0 aromatic carbocycles. The van der Waals surface area contributed by atoms with Gasteiger partial charge in [0.15, 0.2) is 0 Å². The van der Waals surface area contributed by atoms with Crippen molar-refractivity contribution >= 4 is 11.3 Å². The maximum absolute atomic E-state index is 9.18. The van der Waals surface area contributed by atoms with Gasteiger partial charge >= 0.3 is 0 Å². The van der Waals surface area contributed by atoms with Crippen molar-refractivity contribution in [1.82, 2.24) is 10.3 Å². The molecule has 0 amide bonds. The fourth-order valence-corrected chi connectivity index (χ4v) is 2.57. The molecule has 1 aromatic rings. The molecular weight excluding hydrogens is 220 g/mol. The van der Waals surface area contributed by atoms with Crippen LogP contribution < -0.4 is 5.32 Å². The zero-order valence-electron chi connectivity index (χ0n) is 9.99. The van der Waals surface area contributed by atoms with Crippen LogP contribution in [-0.2, 0) is 6.54 Å². The Balaban J connectivity index is 1.77. The Labute approximate surface area is 101 Å². The Hall–Kier alpha value is -0.450. The maximum Gasteiger partial charge on any atom is 0.107 e. The van der Waals surface area contributed by atoms with Crippen LogP contribution in [0.5, 0.6) is 0 Å². The molecule has 3 nitrogen and oxygen atoms in total. The number of hydrogen-bond donors (Lipinski definition) is 2. The fraction of sp³-hybridized carbons (Fsp3) is 0.750. The van der Waals surface area contributed by atoms with Gasteiger partial charge in [-0.25, -0.2) is 4.98 Å². The van der Waals surface area contributed by atoms with Crippen LogP contribution in [0.15, 0.2) is 6.20 Å². The van der Waals surface area contributed by atoms with Crippen LogP contribution in [0, 0.1) is 5.41 Å². The van der Waals surface area contributed by atoms with E-state index in [0.29, 0.717) is 12.5 Å². The normalized spacial score (nSPS) is 18.0. The third-order valence-electron chi connectivity index (χ3n) is 3.21. The van der Waals surface area contributed by atoms with Crippen LogP contribution >= 0.6 is 11.3 Å². The summed E-state index contributed by atoms with van der Waals surface area (Å²) in [6.45, 7) is 6.44. The standard InChI is InChI=1S/C12H20N2OS/c1-9(2)10-5-14-11(16-10)6-13-7-12(8-15)3-4-12/h5,9,13,15H,3-4,6-8H2,1-2H3. The van der Waals surface area contributed by atoms with Crippen LogP contribution in [0.2, 0.25) is 0 Å². The van der Waals surface area contributed by atoms with Crippen molar-refractivity contribution in [1.29, 1.82) is 0 Å². The minimum Gasteiger partial charge on any atom is -0.396 e. The summed E-state index contributed by atoms with van der Waals surface area (Å²) in [5.74, 6) is 0.568. The van der Waals surface area contributed by atoms with Crippen molar-refractivity contribution in [3.8, 4) is 0 Å². The largest absolute Gasteiger partial charge is 0.396 e. The average Bonchev–Trinajstić information content (AvgIpc) is 2.88. The fourth-order valence-electron chi connectivity index (χ4n) is 1.68. The smallest absolute Gasteiger partial charge is 0.107 e. The second-order valence-corrected chi connectivity index (χ2v) is 6.22. The van der Waals surface area contributed by atoms with Crippen molar-refractivity contribution in [2.45, 2.75) is 39.2 Å². The van der Waals surface area contributed by atoms with Crippen LogP contribution in [0.1, 0.15) is 42.5 Å². The molecule has 1 aliphatic rings. The molecule has 4 heteroatoms. The molecule has 1 aromatic heterocycles. The van der Waals surface area contributed by atoms with Gasteiger partial charge in [-0.2, -0.15) is 0 Å². The number of rotatable bonds is 6. The zero-order valence-corrected chi connectivity index (χ0v) is 10.8. The number of hydrogen-bond acceptors (Lipinski definition) is 4. The highest BCUT2D eigenvalue weighted by Crippen LogP contribution is 2.44. The second kappa shape index (κ2) is 4.82. The first-order chi connectivity index (χ1) is 7.65. The topological polar surface area (TPSA) is 45.2 Å². The van der Waals surface area contributed by atoms with Crippen molar-refractivity contribution < 1.29 is 5.11 Å². The highest BCUT2D eigenvalue weighted by molar-refractivity contribution is 7.11. The minimum absolute atomic E-state index is 0.193. The van der Waals surface area contributed by atoms with Crippen LogP contribution in [-0.4, -0.2) is 23.2 Å². The quantitative estimate of drug-likeness (QED) is 0.800. The number of aliphatic hydroxyl groups excluding tert-OH is 1. The van der Waals surface area contributed by atoms with Gasteiger partial charge < -0.3 is 10.4 Å². The van der Waals surface area contributed by atoms with E-state index in [0.717, 1.165) is 30.9 Å². The molecule has 0 saturated heterocycles. The molecular formula is C12H20N2OS. The van der Waals surface area contributed by atoms with Gasteiger partial charge in [0.2, 0.25) is 0 Å². The van der Waals surface area contributed by atoms with E-state index in [4.69, 9.17) is 0 Å². The summed E-state index contributed by atoms with van der Waals surface area (Å²) in [4.78, 5) is 5.74. The molecule has 0 unspecified atom stereocenters.